The van der Waals surface area contributed by atoms with Crippen LogP contribution >= 0.6 is 0 Å². The molecule has 74 valence electrons. The summed E-state index contributed by atoms with van der Waals surface area (Å²) >= 11 is 0. The summed E-state index contributed by atoms with van der Waals surface area (Å²) in [5, 5.41) is 0. The zero-order valence-corrected chi connectivity index (χ0v) is 7.50. The van der Waals surface area contributed by atoms with Gasteiger partial charge in [0, 0.05) is 6.54 Å². The fourth-order valence-electron chi connectivity index (χ4n) is 1.29. The molecule has 2 rings (SSSR count). The first-order valence-corrected chi connectivity index (χ1v) is 4.27. The van der Waals surface area contributed by atoms with Crippen molar-refractivity contribution in [3.63, 3.8) is 0 Å². The number of hydrogen-bond donors (Lipinski definition) is 1. The summed E-state index contributed by atoms with van der Waals surface area (Å²) < 4.78 is 23.3. The second-order valence-corrected chi connectivity index (χ2v) is 2.87. The zero-order valence-electron chi connectivity index (χ0n) is 7.50. The Balaban J connectivity index is 2.37. The molecule has 1 aliphatic heterocycles. The van der Waals surface area contributed by atoms with Gasteiger partial charge in [0.2, 0.25) is 12.5 Å². The van der Waals surface area contributed by atoms with Crippen LogP contribution in [0.2, 0.25) is 0 Å². The Bertz CT molecular complexity index is 377. The van der Waals surface area contributed by atoms with Crippen LogP contribution in [0, 0.1) is 5.82 Å². The zero-order chi connectivity index (χ0) is 9.97. The molecule has 1 aromatic rings. The molecule has 0 aliphatic carbocycles. The highest BCUT2D eigenvalue weighted by atomic mass is 19.1. The second kappa shape index (κ2) is 3.67. The number of rotatable bonds is 2. The fourth-order valence-corrected chi connectivity index (χ4v) is 1.29. The summed E-state index contributed by atoms with van der Waals surface area (Å²) in [5.41, 5.74) is 6.01. The Morgan fingerprint density at radius 3 is 3.07 bits per heavy atom. The van der Waals surface area contributed by atoms with E-state index in [1.807, 2.05) is 0 Å². The third kappa shape index (κ3) is 1.56. The Hall–Kier alpha value is -1.55. The average molecular weight is 195 g/mol. The van der Waals surface area contributed by atoms with E-state index in [0.717, 1.165) is 5.56 Å². The molecule has 0 spiro atoms. The molecule has 0 saturated heterocycles. The lowest BCUT2D eigenvalue weighted by atomic mass is 10.2. The molecule has 3 nitrogen and oxygen atoms in total. The van der Waals surface area contributed by atoms with Gasteiger partial charge in [-0.3, -0.25) is 0 Å². The van der Waals surface area contributed by atoms with Crippen molar-refractivity contribution in [2.75, 3.05) is 13.3 Å². The quantitative estimate of drug-likeness (QED) is 0.778. The lowest BCUT2D eigenvalue weighted by molar-refractivity contribution is 0.171. The van der Waals surface area contributed by atoms with Gasteiger partial charge in [-0.1, -0.05) is 12.2 Å². The monoisotopic (exact) mass is 195 g/mol. The maximum absolute atomic E-state index is 13.3. The predicted octanol–water partition coefficient (Wildman–Crippen LogP) is 1.53. The van der Waals surface area contributed by atoms with Crippen molar-refractivity contribution >= 4 is 6.08 Å². The van der Waals surface area contributed by atoms with Crippen LogP contribution in [0.4, 0.5) is 4.39 Å². The van der Waals surface area contributed by atoms with E-state index in [9.17, 15) is 4.39 Å². The van der Waals surface area contributed by atoms with Crippen LogP contribution in [0.1, 0.15) is 5.56 Å². The highest BCUT2D eigenvalue weighted by Crippen LogP contribution is 2.35. The minimum atomic E-state index is -0.406. The van der Waals surface area contributed by atoms with E-state index < -0.39 is 5.82 Å². The van der Waals surface area contributed by atoms with Gasteiger partial charge in [-0.15, -0.1) is 0 Å². The lowest BCUT2D eigenvalue weighted by Gasteiger charge is -1.99. The maximum Gasteiger partial charge on any atom is 0.231 e. The molecule has 0 aromatic heterocycles. The van der Waals surface area contributed by atoms with Gasteiger partial charge in [0.1, 0.15) is 0 Å². The van der Waals surface area contributed by atoms with Gasteiger partial charge in [-0.25, -0.2) is 4.39 Å². The van der Waals surface area contributed by atoms with Gasteiger partial charge in [-0.05, 0) is 17.7 Å². The molecule has 0 bridgehead atoms. The molecule has 0 fully saturated rings. The van der Waals surface area contributed by atoms with Crippen LogP contribution in [-0.2, 0) is 0 Å². The van der Waals surface area contributed by atoms with Crippen LogP contribution in [0.25, 0.3) is 6.08 Å². The summed E-state index contributed by atoms with van der Waals surface area (Å²) in [5.74, 6) is 0.230. The van der Waals surface area contributed by atoms with Crippen molar-refractivity contribution < 1.29 is 13.9 Å². The van der Waals surface area contributed by atoms with Gasteiger partial charge in [0.05, 0.1) is 0 Å². The lowest BCUT2D eigenvalue weighted by Crippen LogP contribution is -1.93. The number of hydrogen-bond acceptors (Lipinski definition) is 3. The summed E-state index contributed by atoms with van der Waals surface area (Å²) in [6.07, 6.45) is 3.49. The van der Waals surface area contributed by atoms with Gasteiger partial charge < -0.3 is 15.2 Å². The first-order chi connectivity index (χ1) is 6.81. The minimum Gasteiger partial charge on any atom is -0.453 e. The van der Waals surface area contributed by atoms with Crippen LogP contribution in [-0.4, -0.2) is 13.3 Å². The van der Waals surface area contributed by atoms with Crippen LogP contribution in [0.15, 0.2) is 18.2 Å². The first kappa shape index (κ1) is 9.02. The molecule has 0 atom stereocenters. The largest absolute Gasteiger partial charge is 0.453 e. The minimum absolute atomic E-state index is 0.0797. The van der Waals surface area contributed by atoms with Crippen molar-refractivity contribution in [1.82, 2.24) is 0 Å². The van der Waals surface area contributed by atoms with Crippen molar-refractivity contribution in [1.29, 1.82) is 0 Å². The van der Waals surface area contributed by atoms with E-state index in [-0.39, 0.29) is 12.5 Å². The second-order valence-electron chi connectivity index (χ2n) is 2.87. The molecule has 1 heterocycles. The van der Waals surface area contributed by atoms with E-state index in [0.29, 0.717) is 12.3 Å². The number of nitrogens with two attached hydrogens (primary N) is 1. The Kier molecular flexibility index (Phi) is 2.37. The number of benzene rings is 1. The molecule has 2 N–H and O–H groups in total. The molecule has 1 aliphatic rings. The molecule has 0 radical (unpaired) electrons. The third-order valence-electron chi connectivity index (χ3n) is 1.90. The van der Waals surface area contributed by atoms with E-state index in [2.05, 4.69) is 0 Å². The van der Waals surface area contributed by atoms with Crippen molar-refractivity contribution in [3.05, 3.63) is 29.6 Å². The topological polar surface area (TPSA) is 44.5 Å². The summed E-state index contributed by atoms with van der Waals surface area (Å²) in [6, 6.07) is 3.11. The van der Waals surface area contributed by atoms with E-state index in [1.54, 1.807) is 18.2 Å². The maximum atomic E-state index is 13.3. The smallest absolute Gasteiger partial charge is 0.231 e. The third-order valence-corrected chi connectivity index (χ3v) is 1.90. The van der Waals surface area contributed by atoms with Crippen molar-refractivity contribution in [3.8, 4) is 11.5 Å². The molecule has 1 aromatic carbocycles. The highest BCUT2D eigenvalue weighted by molar-refractivity contribution is 5.57. The standard InChI is InChI=1S/C10H10FNO2/c11-8-4-7(2-1-3-12)5-9-10(8)14-6-13-9/h1-2,4-5H,3,6,12H2/b2-1+. The van der Waals surface area contributed by atoms with E-state index in [4.69, 9.17) is 15.2 Å². The highest BCUT2D eigenvalue weighted by Gasteiger charge is 2.18. The molecule has 0 saturated carbocycles. The average Bonchev–Trinajstić information content (AvgIpc) is 2.63. The van der Waals surface area contributed by atoms with Gasteiger partial charge in [0.25, 0.3) is 0 Å². The molecule has 4 heteroatoms. The van der Waals surface area contributed by atoms with Crippen LogP contribution in [0.3, 0.4) is 0 Å². The summed E-state index contributed by atoms with van der Waals surface area (Å²) in [7, 11) is 0. The van der Waals surface area contributed by atoms with Gasteiger partial charge >= 0.3 is 0 Å². The molecular weight excluding hydrogens is 185 g/mol. The van der Waals surface area contributed by atoms with Gasteiger partial charge in [-0.2, -0.15) is 0 Å². The molecule has 0 unspecified atom stereocenters. The number of ether oxygens (including phenoxy) is 2. The van der Waals surface area contributed by atoms with E-state index >= 15 is 0 Å². The summed E-state index contributed by atoms with van der Waals surface area (Å²) in [4.78, 5) is 0. The van der Waals surface area contributed by atoms with Crippen molar-refractivity contribution in [2.24, 2.45) is 5.73 Å². The SMILES string of the molecule is NC/C=C/c1cc(F)c2c(c1)OCO2. The van der Waals surface area contributed by atoms with Crippen LogP contribution in [0.5, 0.6) is 11.5 Å². The number of fused-ring (bicyclic) bond motifs is 1. The Labute approximate surface area is 80.9 Å². The Morgan fingerprint density at radius 2 is 2.29 bits per heavy atom. The predicted molar refractivity (Wildman–Crippen MR) is 50.6 cm³/mol. The summed E-state index contributed by atoms with van der Waals surface area (Å²) in [6.45, 7) is 0.506. The van der Waals surface area contributed by atoms with Crippen molar-refractivity contribution in [2.45, 2.75) is 0 Å². The molecule has 14 heavy (non-hydrogen) atoms. The first-order valence-electron chi connectivity index (χ1n) is 4.27. The van der Waals surface area contributed by atoms with E-state index in [1.165, 1.54) is 6.07 Å². The Morgan fingerprint density at radius 1 is 1.43 bits per heavy atom. The normalized spacial score (nSPS) is 13.9. The van der Waals surface area contributed by atoms with Crippen LogP contribution < -0.4 is 15.2 Å². The fraction of sp³-hybridized carbons (Fsp3) is 0.200. The van der Waals surface area contributed by atoms with Gasteiger partial charge in [0.15, 0.2) is 11.6 Å². The number of halogens is 1. The molecular formula is C10H10FNO2. The molecule has 0 amide bonds.